The summed E-state index contributed by atoms with van der Waals surface area (Å²) in [5.74, 6) is 0.694. The Bertz CT molecular complexity index is 2790. The molecule has 0 spiro atoms. The van der Waals surface area contributed by atoms with Crippen molar-refractivity contribution in [2.75, 3.05) is 0 Å². The van der Waals surface area contributed by atoms with Crippen molar-refractivity contribution in [3.8, 4) is 33.8 Å². The molecule has 10 aromatic rings. The number of aromatic nitrogens is 2. The highest BCUT2D eigenvalue weighted by Gasteiger charge is 2.18. The quantitative estimate of drug-likeness (QED) is 0.201. The number of benzene rings is 7. The second-order valence-electron chi connectivity index (χ2n) is 11.8. The van der Waals surface area contributed by atoms with E-state index in [1.165, 1.54) is 36.7 Å². The number of fused-ring (bicyclic) bond motifs is 9. The summed E-state index contributed by atoms with van der Waals surface area (Å²) in [6.45, 7) is 0. The lowest BCUT2D eigenvalue weighted by molar-refractivity contribution is 0.669. The lowest BCUT2D eigenvalue weighted by atomic mass is 10.00. The molecule has 0 N–H and O–H groups in total. The van der Waals surface area contributed by atoms with E-state index in [-0.39, 0.29) is 0 Å². The Hall–Kier alpha value is -5.84. The van der Waals surface area contributed by atoms with Gasteiger partial charge < -0.3 is 4.42 Å². The van der Waals surface area contributed by atoms with Crippen molar-refractivity contribution in [3.05, 3.63) is 146 Å². The number of hydrogen-bond acceptors (Lipinski definition) is 4. The molecule has 46 heavy (non-hydrogen) atoms. The summed E-state index contributed by atoms with van der Waals surface area (Å²) in [5.41, 5.74) is 7.90. The maximum atomic E-state index is 6.42. The summed E-state index contributed by atoms with van der Waals surface area (Å²) in [6, 6.07) is 51.4. The molecule has 0 bridgehead atoms. The van der Waals surface area contributed by atoms with E-state index in [4.69, 9.17) is 14.4 Å². The van der Waals surface area contributed by atoms with Gasteiger partial charge in [0.25, 0.3) is 0 Å². The van der Waals surface area contributed by atoms with Crippen LogP contribution in [-0.4, -0.2) is 9.97 Å². The van der Waals surface area contributed by atoms with Gasteiger partial charge in [-0.2, -0.15) is 0 Å². The maximum absolute atomic E-state index is 6.42. The Morgan fingerprint density at radius 1 is 0.435 bits per heavy atom. The van der Waals surface area contributed by atoms with E-state index < -0.39 is 0 Å². The van der Waals surface area contributed by atoms with Crippen LogP contribution in [0.15, 0.2) is 150 Å². The molecule has 3 aromatic heterocycles. The minimum atomic E-state index is 0.694. The smallest absolute Gasteiger partial charge is 0.160 e. The lowest BCUT2D eigenvalue weighted by Crippen LogP contribution is -1.95. The Labute approximate surface area is 268 Å². The number of furan rings is 1. The van der Waals surface area contributed by atoms with Gasteiger partial charge in [-0.05, 0) is 64.4 Å². The zero-order chi connectivity index (χ0) is 30.2. The van der Waals surface area contributed by atoms with Crippen LogP contribution in [0, 0.1) is 0 Å². The highest BCUT2D eigenvalue weighted by atomic mass is 32.1. The predicted octanol–water partition coefficient (Wildman–Crippen LogP) is 12.1. The van der Waals surface area contributed by atoms with Crippen LogP contribution in [0.1, 0.15) is 0 Å². The van der Waals surface area contributed by atoms with Crippen molar-refractivity contribution in [1.82, 2.24) is 9.97 Å². The summed E-state index contributed by atoms with van der Waals surface area (Å²) in [7, 11) is 0. The summed E-state index contributed by atoms with van der Waals surface area (Å²) >= 11 is 1.84. The second kappa shape index (κ2) is 9.83. The van der Waals surface area contributed by atoms with Crippen LogP contribution >= 0.6 is 11.3 Å². The molecule has 4 heteroatoms. The predicted molar refractivity (Wildman–Crippen MR) is 194 cm³/mol. The molecule has 0 saturated carbocycles. The van der Waals surface area contributed by atoms with Gasteiger partial charge >= 0.3 is 0 Å². The third-order valence-electron chi connectivity index (χ3n) is 9.07. The van der Waals surface area contributed by atoms with Crippen molar-refractivity contribution in [3.63, 3.8) is 0 Å². The molecule has 10 rings (SSSR count). The molecule has 0 aliphatic carbocycles. The van der Waals surface area contributed by atoms with E-state index in [1.54, 1.807) is 0 Å². The topological polar surface area (TPSA) is 38.9 Å². The number of rotatable bonds is 3. The van der Waals surface area contributed by atoms with Crippen molar-refractivity contribution >= 4 is 75.1 Å². The minimum absolute atomic E-state index is 0.694. The van der Waals surface area contributed by atoms with E-state index in [0.29, 0.717) is 5.82 Å². The average molecular weight is 605 g/mol. The van der Waals surface area contributed by atoms with E-state index >= 15 is 0 Å². The molecule has 0 radical (unpaired) electrons. The fourth-order valence-corrected chi connectivity index (χ4v) is 7.89. The van der Waals surface area contributed by atoms with Crippen LogP contribution in [0.3, 0.4) is 0 Å². The standard InChI is InChI=1S/C42H24N2OS/c1-2-8-26(9-3-1)40-32-19-20-35-39(34-23-28-10-4-5-11-29(28)24-36(34)45-35)41(32)44-42(43-40)27-16-14-25(15-17-27)30-18-21-38-33(22-30)31-12-6-7-13-37(31)46-38/h1-24H. The Morgan fingerprint density at radius 2 is 1.15 bits per heavy atom. The van der Waals surface area contributed by atoms with Crippen molar-refractivity contribution in [2.45, 2.75) is 0 Å². The largest absolute Gasteiger partial charge is 0.456 e. The Kier molecular flexibility index (Phi) is 5.45. The van der Waals surface area contributed by atoms with Gasteiger partial charge in [0.1, 0.15) is 11.2 Å². The van der Waals surface area contributed by atoms with Crippen LogP contribution < -0.4 is 0 Å². The highest BCUT2D eigenvalue weighted by molar-refractivity contribution is 7.25. The van der Waals surface area contributed by atoms with Crippen LogP contribution in [-0.2, 0) is 0 Å². The summed E-state index contributed by atoms with van der Waals surface area (Å²) in [4.78, 5) is 10.5. The van der Waals surface area contributed by atoms with Crippen LogP contribution in [0.2, 0.25) is 0 Å². The molecule has 214 valence electrons. The molecular formula is C42H24N2OS. The summed E-state index contributed by atoms with van der Waals surface area (Å²) in [5, 5.41) is 8.04. The van der Waals surface area contributed by atoms with Gasteiger partial charge in [-0.3, -0.25) is 0 Å². The van der Waals surface area contributed by atoms with Crippen LogP contribution in [0.4, 0.5) is 0 Å². The van der Waals surface area contributed by atoms with Crippen molar-refractivity contribution in [1.29, 1.82) is 0 Å². The van der Waals surface area contributed by atoms with Crippen molar-refractivity contribution in [2.24, 2.45) is 0 Å². The van der Waals surface area contributed by atoms with Crippen molar-refractivity contribution < 1.29 is 4.42 Å². The zero-order valence-corrected chi connectivity index (χ0v) is 25.4. The van der Waals surface area contributed by atoms with Crippen LogP contribution in [0.25, 0.3) is 97.6 Å². The van der Waals surface area contributed by atoms with E-state index in [2.05, 4.69) is 140 Å². The lowest BCUT2D eigenvalue weighted by Gasteiger charge is -2.11. The number of nitrogens with zero attached hydrogens (tertiary/aromatic N) is 2. The molecule has 0 amide bonds. The molecule has 3 heterocycles. The first-order valence-electron chi connectivity index (χ1n) is 15.4. The molecule has 3 nitrogen and oxygen atoms in total. The summed E-state index contributed by atoms with van der Waals surface area (Å²) < 4.78 is 9.05. The number of thiophene rings is 1. The number of hydrogen-bond donors (Lipinski definition) is 0. The molecule has 0 atom stereocenters. The molecule has 0 unspecified atom stereocenters. The summed E-state index contributed by atoms with van der Waals surface area (Å²) in [6.07, 6.45) is 0. The van der Waals surface area contributed by atoms with Crippen LogP contribution in [0.5, 0.6) is 0 Å². The monoisotopic (exact) mass is 604 g/mol. The van der Waals surface area contributed by atoms with Gasteiger partial charge in [0.2, 0.25) is 0 Å². The first-order valence-corrected chi connectivity index (χ1v) is 16.2. The van der Waals surface area contributed by atoms with Gasteiger partial charge in [0.05, 0.1) is 16.6 Å². The molecule has 0 aliphatic heterocycles. The normalized spacial score (nSPS) is 11.9. The average Bonchev–Trinajstić information content (AvgIpc) is 3.68. The maximum Gasteiger partial charge on any atom is 0.160 e. The van der Waals surface area contributed by atoms with E-state index in [9.17, 15) is 0 Å². The Balaban J connectivity index is 1.17. The molecule has 0 saturated heterocycles. The minimum Gasteiger partial charge on any atom is -0.456 e. The Morgan fingerprint density at radius 3 is 2.02 bits per heavy atom. The third-order valence-corrected chi connectivity index (χ3v) is 10.2. The van der Waals surface area contributed by atoms with Gasteiger partial charge in [-0.25, -0.2) is 9.97 Å². The second-order valence-corrected chi connectivity index (χ2v) is 12.9. The first kappa shape index (κ1) is 25.5. The first-order chi connectivity index (χ1) is 22.8. The fraction of sp³-hybridized carbons (Fsp3) is 0. The van der Waals surface area contributed by atoms with Gasteiger partial charge in [-0.15, -0.1) is 11.3 Å². The fourth-order valence-electron chi connectivity index (χ4n) is 6.80. The van der Waals surface area contributed by atoms with Gasteiger partial charge in [-0.1, -0.05) is 103 Å². The van der Waals surface area contributed by atoms with E-state index in [1.807, 2.05) is 17.4 Å². The molecular weight excluding hydrogens is 581 g/mol. The van der Waals surface area contributed by atoms with E-state index in [0.717, 1.165) is 55.0 Å². The highest BCUT2D eigenvalue weighted by Crippen LogP contribution is 2.40. The third kappa shape index (κ3) is 3.91. The van der Waals surface area contributed by atoms with Gasteiger partial charge in [0.15, 0.2) is 5.82 Å². The molecule has 0 fully saturated rings. The van der Waals surface area contributed by atoms with Gasteiger partial charge in [0, 0.05) is 42.1 Å². The zero-order valence-electron chi connectivity index (χ0n) is 24.6. The molecule has 7 aromatic carbocycles. The SMILES string of the molecule is c1ccc(-c2nc(-c3ccc(-c4ccc5sc6ccccc6c5c4)cc3)nc3c2ccc2oc4cc5ccccc5cc4c23)cc1. The molecule has 0 aliphatic rings.